The quantitative estimate of drug-likeness (QED) is 0.721. The van der Waals surface area contributed by atoms with Crippen molar-refractivity contribution in [1.82, 2.24) is 10.0 Å². The van der Waals surface area contributed by atoms with Crippen molar-refractivity contribution in [3.63, 3.8) is 0 Å². The summed E-state index contributed by atoms with van der Waals surface area (Å²) in [5, 5.41) is 2.80. The molecule has 0 fully saturated rings. The molecular formula is C19H23FN2O4S. The third-order valence-corrected chi connectivity index (χ3v) is 4.72. The van der Waals surface area contributed by atoms with Gasteiger partial charge in [0, 0.05) is 6.42 Å². The molecule has 8 heteroatoms. The molecule has 146 valence electrons. The molecule has 0 radical (unpaired) electrons. The van der Waals surface area contributed by atoms with Gasteiger partial charge in [-0.1, -0.05) is 24.3 Å². The van der Waals surface area contributed by atoms with Crippen LogP contribution < -0.4 is 14.8 Å². The number of ether oxygens (including phenoxy) is 1. The van der Waals surface area contributed by atoms with Crippen LogP contribution in [-0.2, 0) is 14.8 Å². The SMILES string of the molecule is COc1ccc([C@@H](CC(=O)N[C@H](C)c2ccc(F)cc2)NS(C)(=O)=O)cc1. The minimum atomic E-state index is -3.52. The number of amides is 1. The number of hydrogen-bond acceptors (Lipinski definition) is 4. The van der Waals surface area contributed by atoms with E-state index in [2.05, 4.69) is 10.0 Å². The molecule has 0 aromatic heterocycles. The van der Waals surface area contributed by atoms with Gasteiger partial charge in [0.05, 0.1) is 25.4 Å². The summed E-state index contributed by atoms with van der Waals surface area (Å²) in [6.07, 6.45) is 0.966. The van der Waals surface area contributed by atoms with Crippen LogP contribution in [0.4, 0.5) is 4.39 Å². The number of carbonyl (C=O) groups excluding carboxylic acids is 1. The van der Waals surface area contributed by atoms with E-state index in [1.54, 1.807) is 43.3 Å². The molecule has 2 aromatic rings. The van der Waals surface area contributed by atoms with Crippen molar-refractivity contribution in [2.45, 2.75) is 25.4 Å². The van der Waals surface area contributed by atoms with E-state index in [-0.39, 0.29) is 24.2 Å². The summed E-state index contributed by atoms with van der Waals surface area (Å²) in [6.45, 7) is 1.78. The molecule has 1 amide bonds. The van der Waals surface area contributed by atoms with Crippen LogP contribution in [0.25, 0.3) is 0 Å². The average molecular weight is 394 g/mol. The van der Waals surface area contributed by atoms with Gasteiger partial charge in [-0.25, -0.2) is 17.5 Å². The molecule has 0 aliphatic carbocycles. The third-order valence-electron chi connectivity index (χ3n) is 4.01. The predicted molar refractivity (Wildman–Crippen MR) is 101 cm³/mol. The van der Waals surface area contributed by atoms with Crippen molar-refractivity contribution < 1.29 is 22.3 Å². The number of methoxy groups -OCH3 is 1. The molecular weight excluding hydrogens is 371 g/mol. The lowest BCUT2D eigenvalue weighted by Crippen LogP contribution is -2.34. The number of rotatable bonds is 8. The highest BCUT2D eigenvalue weighted by Gasteiger charge is 2.21. The smallest absolute Gasteiger partial charge is 0.222 e. The molecule has 2 atom stereocenters. The lowest BCUT2D eigenvalue weighted by atomic mass is 10.0. The molecule has 27 heavy (non-hydrogen) atoms. The second-order valence-corrected chi connectivity index (χ2v) is 8.04. The Balaban J connectivity index is 2.11. The zero-order chi connectivity index (χ0) is 20.0. The molecule has 0 saturated carbocycles. The van der Waals surface area contributed by atoms with Crippen LogP contribution in [0.3, 0.4) is 0 Å². The highest BCUT2D eigenvalue weighted by Crippen LogP contribution is 2.22. The molecule has 2 rings (SSSR count). The summed E-state index contributed by atoms with van der Waals surface area (Å²) in [7, 11) is -1.99. The molecule has 0 heterocycles. The fourth-order valence-electron chi connectivity index (χ4n) is 2.64. The lowest BCUT2D eigenvalue weighted by molar-refractivity contribution is -0.122. The van der Waals surface area contributed by atoms with E-state index < -0.39 is 16.1 Å². The second-order valence-electron chi connectivity index (χ2n) is 6.26. The van der Waals surface area contributed by atoms with E-state index in [0.29, 0.717) is 11.3 Å². The first-order valence-electron chi connectivity index (χ1n) is 8.34. The van der Waals surface area contributed by atoms with Gasteiger partial charge in [-0.05, 0) is 42.3 Å². The second kappa shape index (κ2) is 8.96. The van der Waals surface area contributed by atoms with E-state index in [4.69, 9.17) is 4.74 Å². The maximum absolute atomic E-state index is 13.0. The van der Waals surface area contributed by atoms with Crippen molar-refractivity contribution in [3.8, 4) is 5.75 Å². The zero-order valence-corrected chi connectivity index (χ0v) is 16.2. The van der Waals surface area contributed by atoms with E-state index in [1.165, 1.54) is 19.2 Å². The van der Waals surface area contributed by atoms with Crippen molar-refractivity contribution in [3.05, 3.63) is 65.5 Å². The molecule has 0 unspecified atom stereocenters. The Morgan fingerprint density at radius 2 is 1.63 bits per heavy atom. The van der Waals surface area contributed by atoms with Gasteiger partial charge in [-0.15, -0.1) is 0 Å². The Labute approximate surface area is 158 Å². The van der Waals surface area contributed by atoms with Crippen molar-refractivity contribution >= 4 is 15.9 Å². The molecule has 6 nitrogen and oxygen atoms in total. The Morgan fingerprint density at radius 3 is 2.15 bits per heavy atom. The van der Waals surface area contributed by atoms with Crippen LogP contribution in [0, 0.1) is 5.82 Å². The highest BCUT2D eigenvalue weighted by molar-refractivity contribution is 7.88. The average Bonchev–Trinajstić information content (AvgIpc) is 2.60. The van der Waals surface area contributed by atoms with E-state index in [9.17, 15) is 17.6 Å². The minimum Gasteiger partial charge on any atom is -0.497 e. The van der Waals surface area contributed by atoms with E-state index in [0.717, 1.165) is 11.8 Å². The number of halogens is 1. The fraction of sp³-hybridized carbons (Fsp3) is 0.316. The third kappa shape index (κ3) is 6.65. The van der Waals surface area contributed by atoms with Crippen LogP contribution in [-0.4, -0.2) is 27.7 Å². The molecule has 0 spiro atoms. The Hall–Kier alpha value is -2.45. The normalized spacial score (nSPS) is 13.6. The topological polar surface area (TPSA) is 84.5 Å². The molecule has 0 bridgehead atoms. The molecule has 2 aromatic carbocycles. The van der Waals surface area contributed by atoms with Gasteiger partial charge in [-0.2, -0.15) is 0 Å². The highest BCUT2D eigenvalue weighted by atomic mass is 32.2. The van der Waals surface area contributed by atoms with Gasteiger partial charge in [0.1, 0.15) is 11.6 Å². The standard InChI is InChI=1S/C19H23FN2O4S/c1-13(14-4-8-16(20)9-5-14)21-19(23)12-18(22-27(3,24)25)15-6-10-17(26-2)11-7-15/h4-11,13,18,22H,12H2,1-3H3,(H,21,23)/t13-,18-/m1/s1. The van der Waals surface area contributed by atoms with E-state index >= 15 is 0 Å². The number of hydrogen-bond donors (Lipinski definition) is 2. The fourth-order valence-corrected chi connectivity index (χ4v) is 3.38. The Morgan fingerprint density at radius 1 is 1.07 bits per heavy atom. The number of benzene rings is 2. The Bertz CT molecular complexity index is 868. The van der Waals surface area contributed by atoms with Crippen molar-refractivity contribution in [1.29, 1.82) is 0 Å². The van der Waals surface area contributed by atoms with Gasteiger partial charge in [0.25, 0.3) is 0 Å². The maximum Gasteiger partial charge on any atom is 0.222 e. The Kier molecular flexibility index (Phi) is 6.92. The number of carbonyl (C=O) groups is 1. The molecule has 0 aliphatic heterocycles. The van der Waals surface area contributed by atoms with Gasteiger partial charge in [0.15, 0.2) is 0 Å². The number of sulfonamides is 1. The lowest BCUT2D eigenvalue weighted by Gasteiger charge is -2.20. The van der Waals surface area contributed by atoms with Gasteiger partial charge in [0.2, 0.25) is 15.9 Å². The maximum atomic E-state index is 13.0. The first-order chi connectivity index (χ1) is 12.7. The van der Waals surface area contributed by atoms with Crippen LogP contribution >= 0.6 is 0 Å². The van der Waals surface area contributed by atoms with Gasteiger partial charge >= 0.3 is 0 Å². The van der Waals surface area contributed by atoms with Crippen molar-refractivity contribution in [2.24, 2.45) is 0 Å². The number of nitrogens with one attached hydrogen (secondary N) is 2. The van der Waals surface area contributed by atoms with Crippen LogP contribution in [0.15, 0.2) is 48.5 Å². The van der Waals surface area contributed by atoms with Crippen molar-refractivity contribution in [2.75, 3.05) is 13.4 Å². The van der Waals surface area contributed by atoms with Crippen LogP contribution in [0.5, 0.6) is 5.75 Å². The largest absolute Gasteiger partial charge is 0.497 e. The van der Waals surface area contributed by atoms with Gasteiger partial charge < -0.3 is 10.1 Å². The molecule has 0 saturated heterocycles. The first-order valence-corrected chi connectivity index (χ1v) is 10.2. The summed E-state index contributed by atoms with van der Waals surface area (Å²) in [6, 6.07) is 11.6. The predicted octanol–water partition coefficient (Wildman–Crippen LogP) is 2.69. The summed E-state index contributed by atoms with van der Waals surface area (Å²) in [5.41, 5.74) is 1.40. The molecule has 0 aliphatic rings. The minimum absolute atomic E-state index is 0.0784. The van der Waals surface area contributed by atoms with Gasteiger partial charge in [-0.3, -0.25) is 4.79 Å². The van der Waals surface area contributed by atoms with E-state index in [1.807, 2.05) is 0 Å². The summed E-state index contributed by atoms with van der Waals surface area (Å²) in [5.74, 6) is -0.0516. The summed E-state index contributed by atoms with van der Waals surface area (Å²) >= 11 is 0. The first kappa shape index (κ1) is 20.9. The molecule has 2 N–H and O–H groups in total. The zero-order valence-electron chi connectivity index (χ0n) is 15.4. The van der Waals surface area contributed by atoms with Crippen LogP contribution in [0.1, 0.15) is 36.6 Å². The summed E-state index contributed by atoms with van der Waals surface area (Å²) < 4.78 is 44.0. The van der Waals surface area contributed by atoms with Crippen LogP contribution in [0.2, 0.25) is 0 Å². The summed E-state index contributed by atoms with van der Waals surface area (Å²) in [4.78, 5) is 12.4. The monoisotopic (exact) mass is 394 g/mol.